The van der Waals surface area contributed by atoms with Gasteiger partial charge in [0.05, 0.1) is 22.4 Å². The second-order valence-electron chi connectivity index (χ2n) is 20.2. The van der Waals surface area contributed by atoms with Crippen LogP contribution in [0.3, 0.4) is 0 Å². The Morgan fingerprint density at radius 3 is 2.46 bits per heavy atom. The summed E-state index contributed by atoms with van der Waals surface area (Å²) >= 11 is 0. The normalized spacial score (nSPS) is 30.5. The molecule has 3 N–H and O–H groups in total. The van der Waals surface area contributed by atoms with E-state index in [1.807, 2.05) is 45.0 Å². The van der Waals surface area contributed by atoms with Crippen molar-refractivity contribution < 1.29 is 41.8 Å². The quantitative estimate of drug-likeness (QED) is 0.292. The molecule has 6 aliphatic rings. The summed E-state index contributed by atoms with van der Waals surface area (Å²) in [6.07, 6.45) is 7.35. The zero-order chi connectivity index (χ0) is 45.1. The lowest BCUT2D eigenvalue weighted by Crippen LogP contribution is -2.71. The van der Waals surface area contributed by atoms with Gasteiger partial charge < -0.3 is 34.6 Å². The summed E-state index contributed by atoms with van der Waals surface area (Å²) in [5.74, 6) is -1.51. The van der Waals surface area contributed by atoms with Gasteiger partial charge in [0.25, 0.3) is 5.91 Å². The average molecular weight is 889 g/mol. The lowest BCUT2D eigenvalue weighted by molar-refractivity contribution is -0.144. The smallest absolute Gasteiger partial charge is 0.408 e. The third kappa shape index (κ3) is 9.03. The van der Waals surface area contributed by atoms with E-state index in [2.05, 4.69) is 40.5 Å². The number of benzene rings is 1. The van der Waals surface area contributed by atoms with Gasteiger partial charge in [-0.3, -0.25) is 19.1 Å². The molecule has 4 amide bonds. The highest BCUT2D eigenvalue weighted by Crippen LogP contribution is 2.47. The van der Waals surface area contributed by atoms with E-state index in [-0.39, 0.29) is 37.5 Å². The summed E-state index contributed by atoms with van der Waals surface area (Å²) in [4.78, 5) is 66.2. The van der Waals surface area contributed by atoms with Crippen molar-refractivity contribution >= 4 is 44.7 Å². The zero-order valence-electron chi connectivity index (χ0n) is 37.4. The molecule has 16 heteroatoms. The number of piperidine rings is 1. The Morgan fingerprint density at radius 1 is 1.05 bits per heavy atom. The molecule has 1 aromatic heterocycles. The molecule has 342 valence electrons. The SMILES string of the molecule is C=C[C@@H]1C(=C)C[C@]1(NC(=O)[C@@H]1C[C@@H]2CN1C(=O)[C@H](C(C)(C)C)NC(=O)O[C@@H]1C[C@H]1CCCCCc1c(nc3ccccc3c1OC1CCN(C)CC1)O2)C(=O)NS(=O)(=O)C1(C)CC1. The fourth-order valence-electron chi connectivity index (χ4n) is 9.76. The molecule has 2 bridgehead atoms. The summed E-state index contributed by atoms with van der Waals surface area (Å²) in [7, 11) is -1.96. The van der Waals surface area contributed by atoms with E-state index >= 15 is 0 Å². The standard InChI is InChI=1S/C47H64N6O9S/c1-8-34-28(2)26-47(34,43(56)51-63(58,59)46(6)20-21-46)50-40(54)36-25-31-27-53(36)42(55)39(45(3,4)5)49-44(57)62-37-24-29(37)14-10-9-11-16-33-38(60-30-18-22-52(7)23-19-30)32-15-12-13-17-35(32)48-41(33)61-31/h8,12-13,15,17,29-31,34,36-37,39H,1-2,9-11,14,16,18-27H2,3-7H3,(H,49,57)(H,50,54)(H,51,56)/t29-,31-,34-,36+,37-,39-,47-/m1/s1. The van der Waals surface area contributed by atoms with E-state index in [0.29, 0.717) is 36.2 Å². The molecule has 7 atom stereocenters. The Hall–Kier alpha value is -4.70. The maximum absolute atomic E-state index is 15.0. The third-order valence-electron chi connectivity index (χ3n) is 14.3. The second kappa shape index (κ2) is 17.0. The van der Waals surface area contributed by atoms with Crippen molar-refractivity contribution in [2.45, 2.75) is 145 Å². The molecule has 3 aliphatic carbocycles. The first-order chi connectivity index (χ1) is 29.8. The van der Waals surface area contributed by atoms with Crippen molar-refractivity contribution in [1.29, 1.82) is 0 Å². The van der Waals surface area contributed by atoms with Gasteiger partial charge in [0.15, 0.2) is 0 Å². The summed E-state index contributed by atoms with van der Waals surface area (Å²) in [6.45, 7) is 16.8. The lowest BCUT2D eigenvalue weighted by atomic mass is 9.62. The highest BCUT2D eigenvalue weighted by molar-refractivity contribution is 7.91. The number of para-hydroxylation sites is 1. The predicted octanol–water partition coefficient (Wildman–Crippen LogP) is 5.32. The molecule has 2 saturated heterocycles. The summed E-state index contributed by atoms with van der Waals surface area (Å²) < 4.78 is 47.5. The highest BCUT2D eigenvalue weighted by Gasteiger charge is 2.60. The van der Waals surface area contributed by atoms with Crippen molar-refractivity contribution in [2.75, 3.05) is 26.7 Å². The van der Waals surface area contributed by atoms with Crippen LogP contribution in [0.15, 0.2) is 49.1 Å². The number of ether oxygens (including phenoxy) is 3. The van der Waals surface area contributed by atoms with E-state index in [9.17, 15) is 27.6 Å². The van der Waals surface area contributed by atoms with Crippen LogP contribution in [0.2, 0.25) is 0 Å². The van der Waals surface area contributed by atoms with Crippen LogP contribution in [0, 0.1) is 17.3 Å². The van der Waals surface area contributed by atoms with Crippen molar-refractivity contribution in [3.63, 3.8) is 0 Å². The van der Waals surface area contributed by atoms with Crippen LogP contribution in [-0.4, -0.2) is 114 Å². The predicted molar refractivity (Wildman–Crippen MR) is 237 cm³/mol. The van der Waals surface area contributed by atoms with Crippen LogP contribution in [-0.2, 0) is 35.6 Å². The molecular formula is C47H64N6O9S. The van der Waals surface area contributed by atoms with Gasteiger partial charge in [0.2, 0.25) is 27.7 Å². The molecule has 1 aromatic carbocycles. The summed E-state index contributed by atoms with van der Waals surface area (Å²) in [5.41, 5.74) is -0.411. The molecule has 0 radical (unpaired) electrons. The van der Waals surface area contributed by atoms with Crippen LogP contribution < -0.4 is 24.8 Å². The fraction of sp³-hybridized carbons (Fsp3) is 0.638. The molecule has 0 unspecified atom stereocenters. The van der Waals surface area contributed by atoms with Gasteiger partial charge in [-0.05, 0) is 88.8 Å². The number of carbonyl (C=O) groups is 4. The van der Waals surface area contributed by atoms with Gasteiger partial charge in [0.1, 0.15) is 41.7 Å². The van der Waals surface area contributed by atoms with Gasteiger partial charge in [-0.15, -0.1) is 6.58 Å². The summed E-state index contributed by atoms with van der Waals surface area (Å²) in [6, 6.07) is 5.55. The number of hydrogen-bond acceptors (Lipinski definition) is 11. The Bertz CT molecular complexity index is 2280. The van der Waals surface area contributed by atoms with Crippen molar-refractivity contribution in [1.82, 2.24) is 30.1 Å². The molecule has 3 saturated carbocycles. The molecule has 2 aromatic rings. The van der Waals surface area contributed by atoms with Gasteiger partial charge in [-0.1, -0.05) is 64.0 Å². The monoisotopic (exact) mass is 888 g/mol. The van der Waals surface area contributed by atoms with Gasteiger partial charge >= 0.3 is 6.09 Å². The first kappa shape index (κ1) is 44.9. The lowest BCUT2D eigenvalue weighted by Gasteiger charge is -2.49. The maximum atomic E-state index is 15.0. The maximum Gasteiger partial charge on any atom is 0.408 e. The number of fused-ring (bicyclic) bond motifs is 5. The number of likely N-dealkylation sites (tertiary alicyclic amines) is 1. The topological polar surface area (TPSA) is 186 Å². The number of alkyl carbamates (subject to hydrolysis) is 1. The van der Waals surface area contributed by atoms with E-state index in [4.69, 9.17) is 19.2 Å². The van der Waals surface area contributed by atoms with Gasteiger partial charge in [0, 0.05) is 37.2 Å². The average Bonchev–Trinajstić information content (AvgIpc) is 4.12. The molecule has 8 rings (SSSR count). The highest BCUT2D eigenvalue weighted by atomic mass is 32.2. The van der Waals surface area contributed by atoms with Crippen molar-refractivity contribution in [3.05, 3.63) is 54.6 Å². The summed E-state index contributed by atoms with van der Waals surface area (Å²) in [5, 5.41) is 6.64. The number of amides is 4. The number of aromatic nitrogens is 1. The number of carbonyl (C=O) groups excluding carboxylic acids is 4. The number of rotatable bonds is 8. The Balaban J connectivity index is 1.16. The van der Waals surface area contributed by atoms with Gasteiger partial charge in [-0.2, -0.15) is 0 Å². The number of sulfonamides is 1. The molecule has 4 heterocycles. The van der Waals surface area contributed by atoms with E-state index < -0.39 is 73.6 Å². The number of nitrogens with zero attached hydrogens (tertiary/aromatic N) is 3. The van der Waals surface area contributed by atoms with Crippen LogP contribution in [0.5, 0.6) is 11.6 Å². The minimum atomic E-state index is -4.07. The third-order valence-corrected chi connectivity index (χ3v) is 16.4. The second-order valence-corrected chi connectivity index (χ2v) is 22.4. The van der Waals surface area contributed by atoms with E-state index in [1.165, 1.54) is 11.0 Å². The molecule has 63 heavy (non-hydrogen) atoms. The van der Waals surface area contributed by atoms with Crippen LogP contribution in [0.1, 0.15) is 104 Å². The molecule has 15 nitrogen and oxygen atoms in total. The van der Waals surface area contributed by atoms with Crippen LogP contribution >= 0.6 is 0 Å². The van der Waals surface area contributed by atoms with E-state index in [1.54, 1.807) is 6.92 Å². The van der Waals surface area contributed by atoms with Crippen LogP contribution in [0.4, 0.5) is 4.79 Å². The van der Waals surface area contributed by atoms with Crippen molar-refractivity contribution in [3.8, 4) is 11.6 Å². The minimum Gasteiger partial charge on any atom is -0.489 e. The first-order valence-electron chi connectivity index (χ1n) is 22.7. The number of nitrogens with one attached hydrogen (secondary N) is 3. The first-order valence-corrected chi connectivity index (χ1v) is 24.2. The van der Waals surface area contributed by atoms with E-state index in [0.717, 1.165) is 74.7 Å². The molecule has 0 spiro atoms. The molecule has 5 fully saturated rings. The van der Waals surface area contributed by atoms with Crippen molar-refractivity contribution in [2.24, 2.45) is 17.3 Å². The fourth-order valence-corrected chi connectivity index (χ4v) is 11.1. The molecular weight excluding hydrogens is 825 g/mol. The number of hydrogen-bond donors (Lipinski definition) is 3. The number of pyridine rings is 1. The largest absolute Gasteiger partial charge is 0.489 e. The molecule has 3 aliphatic heterocycles. The Kier molecular flexibility index (Phi) is 12.1. The Labute approximate surface area is 371 Å². The zero-order valence-corrected chi connectivity index (χ0v) is 38.2. The van der Waals surface area contributed by atoms with Gasteiger partial charge in [-0.25, -0.2) is 18.2 Å². The van der Waals surface area contributed by atoms with Crippen LogP contribution in [0.25, 0.3) is 10.9 Å². The Morgan fingerprint density at radius 2 is 1.78 bits per heavy atom. The minimum absolute atomic E-state index is 0.00165.